The van der Waals surface area contributed by atoms with Gasteiger partial charge in [0.1, 0.15) is 11.6 Å². The Balaban J connectivity index is 1.22. The minimum atomic E-state index is -0.332. The molecule has 2 aliphatic heterocycles. The molecule has 4 rings (SSSR count). The molecule has 6 nitrogen and oxygen atoms in total. The topological polar surface area (TPSA) is 61.9 Å². The standard InChI is InChI=1S/C25H30FN3O3/c1-32-23-8-6-21(7-9-23)27-24(30)18-10-14-28(15-11-18)22-12-16-29(17-13-22)25(31)19-2-4-20(26)5-3-19/h2-9,18,22H,10-17H2,1H3,(H,27,30). The molecule has 2 saturated heterocycles. The van der Waals surface area contributed by atoms with E-state index in [-0.39, 0.29) is 23.5 Å². The molecule has 0 bridgehead atoms. The Morgan fingerprint density at radius 1 is 0.906 bits per heavy atom. The summed E-state index contributed by atoms with van der Waals surface area (Å²) < 4.78 is 18.3. The Hall–Kier alpha value is -2.93. The quantitative estimate of drug-likeness (QED) is 0.770. The zero-order valence-corrected chi connectivity index (χ0v) is 18.4. The van der Waals surface area contributed by atoms with Crippen LogP contribution in [-0.2, 0) is 4.79 Å². The molecule has 2 heterocycles. The first-order valence-corrected chi connectivity index (χ1v) is 11.3. The van der Waals surface area contributed by atoms with E-state index in [1.165, 1.54) is 12.1 Å². The Labute approximate surface area is 188 Å². The van der Waals surface area contributed by atoms with Crippen LogP contribution in [0.3, 0.4) is 0 Å². The second kappa shape index (κ2) is 10.1. The van der Waals surface area contributed by atoms with E-state index < -0.39 is 0 Å². The molecule has 2 aromatic carbocycles. The third-order valence-electron chi connectivity index (χ3n) is 6.62. The number of ether oxygens (including phenoxy) is 1. The van der Waals surface area contributed by atoms with Gasteiger partial charge < -0.3 is 19.9 Å². The normalized spacial score (nSPS) is 18.4. The predicted molar refractivity (Wildman–Crippen MR) is 121 cm³/mol. The lowest BCUT2D eigenvalue weighted by atomic mass is 9.92. The molecule has 2 fully saturated rings. The van der Waals surface area contributed by atoms with Gasteiger partial charge in [-0.2, -0.15) is 0 Å². The molecule has 1 N–H and O–H groups in total. The number of nitrogens with one attached hydrogen (secondary N) is 1. The second-order valence-corrected chi connectivity index (χ2v) is 8.56. The van der Waals surface area contributed by atoms with E-state index in [9.17, 15) is 14.0 Å². The number of rotatable bonds is 5. The summed E-state index contributed by atoms with van der Waals surface area (Å²) >= 11 is 0. The van der Waals surface area contributed by atoms with Crippen molar-refractivity contribution in [2.45, 2.75) is 31.7 Å². The number of likely N-dealkylation sites (tertiary alicyclic amines) is 2. The Morgan fingerprint density at radius 3 is 2.12 bits per heavy atom. The number of hydrogen-bond acceptors (Lipinski definition) is 4. The maximum Gasteiger partial charge on any atom is 0.253 e. The van der Waals surface area contributed by atoms with Crippen molar-refractivity contribution in [1.82, 2.24) is 9.80 Å². The maximum atomic E-state index is 13.1. The van der Waals surface area contributed by atoms with Crippen molar-refractivity contribution in [3.63, 3.8) is 0 Å². The van der Waals surface area contributed by atoms with Crippen LogP contribution in [-0.4, -0.2) is 60.9 Å². The van der Waals surface area contributed by atoms with Crippen LogP contribution in [0.4, 0.5) is 10.1 Å². The molecular weight excluding hydrogens is 409 g/mol. The molecular formula is C25H30FN3O3. The van der Waals surface area contributed by atoms with E-state index in [0.717, 1.165) is 50.2 Å². The number of hydrogen-bond donors (Lipinski definition) is 1. The van der Waals surface area contributed by atoms with Crippen molar-refractivity contribution >= 4 is 17.5 Å². The molecule has 0 aromatic heterocycles. The molecule has 0 atom stereocenters. The summed E-state index contributed by atoms with van der Waals surface area (Å²) in [6, 6.07) is 13.6. The van der Waals surface area contributed by atoms with Gasteiger partial charge in [0.2, 0.25) is 5.91 Å². The molecule has 170 valence electrons. The zero-order chi connectivity index (χ0) is 22.5. The van der Waals surface area contributed by atoms with Crippen LogP contribution in [0.15, 0.2) is 48.5 Å². The molecule has 0 unspecified atom stereocenters. The van der Waals surface area contributed by atoms with Gasteiger partial charge in [-0.05, 0) is 87.3 Å². The summed E-state index contributed by atoms with van der Waals surface area (Å²) in [5, 5.41) is 3.01. The summed E-state index contributed by atoms with van der Waals surface area (Å²) in [6.45, 7) is 3.21. The first-order chi connectivity index (χ1) is 15.5. The van der Waals surface area contributed by atoms with Gasteiger partial charge in [-0.15, -0.1) is 0 Å². The van der Waals surface area contributed by atoms with Gasteiger partial charge >= 0.3 is 0 Å². The highest BCUT2D eigenvalue weighted by Crippen LogP contribution is 2.26. The Morgan fingerprint density at radius 2 is 1.53 bits per heavy atom. The minimum Gasteiger partial charge on any atom is -0.497 e. The van der Waals surface area contributed by atoms with Crippen LogP contribution in [0.5, 0.6) is 5.75 Å². The monoisotopic (exact) mass is 439 g/mol. The fourth-order valence-corrected chi connectivity index (χ4v) is 4.65. The van der Waals surface area contributed by atoms with E-state index in [4.69, 9.17) is 4.74 Å². The number of benzene rings is 2. The number of methoxy groups -OCH3 is 1. The molecule has 2 aliphatic rings. The van der Waals surface area contributed by atoms with E-state index >= 15 is 0 Å². The van der Waals surface area contributed by atoms with Crippen molar-refractivity contribution in [2.24, 2.45) is 5.92 Å². The Kier molecular flexibility index (Phi) is 7.05. The van der Waals surface area contributed by atoms with E-state index in [2.05, 4.69) is 10.2 Å². The lowest BCUT2D eigenvalue weighted by Gasteiger charge is -2.41. The van der Waals surface area contributed by atoms with Crippen LogP contribution in [0.1, 0.15) is 36.0 Å². The van der Waals surface area contributed by atoms with Crippen molar-refractivity contribution < 1.29 is 18.7 Å². The van der Waals surface area contributed by atoms with Crippen LogP contribution < -0.4 is 10.1 Å². The van der Waals surface area contributed by atoms with Gasteiger partial charge in [-0.3, -0.25) is 9.59 Å². The van der Waals surface area contributed by atoms with E-state index in [1.54, 1.807) is 19.2 Å². The molecule has 7 heteroatoms. The van der Waals surface area contributed by atoms with Crippen LogP contribution >= 0.6 is 0 Å². The van der Waals surface area contributed by atoms with Gasteiger partial charge in [0.25, 0.3) is 5.91 Å². The van der Waals surface area contributed by atoms with Gasteiger partial charge in [0.05, 0.1) is 7.11 Å². The smallest absolute Gasteiger partial charge is 0.253 e. The fourth-order valence-electron chi connectivity index (χ4n) is 4.65. The maximum absolute atomic E-state index is 13.1. The summed E-state index contributed by atoms with van der Waals surface area (Å²) in [5.41, 5.74) is 1.32. The third-order valence-corrected chi connectivity index (χ3v) is 6.62. The van der Waals surface area contributed by atoms with Crippen LogP contribution in [0.25, 0.3) is 0 Å². The molecule has 0 aliphatic carbocycles. The highest BCUT2D eigenvalue weighted by molar-refractivity contribution is 5.94. The first-order valence-electron chi connectivity index (χ1n) is 11.3. The number of anilines is 1. The third kappa shape index (κ3) is 5.27. The van der Waals surface area contributed by atoms with Crippen molar-refractivity contribution in [2.75, 3.05) is 38.6 Å². The van der Waals surface area contributed by atoms with Gasteiger partial charge in [-0.1, -0.05) is 0 Å². The molecule has 2 aromatic rings. The second-order valence-electron chi connectivity index (χ2n) is 8.56. The average molecular weight is 440 g/mol. The van der Waals surface area contributed by atoms with E-state index in [0.29, 0.717) is 24.7 Å². The predicted octanol–water partition coefficient (Wildman–Crippen LogP) is 3.79. The summed E-state index contributed by atoms with van der Waals surface area (Å²) in [7, 11) is 1.62. The Bertz CT molecular complexity index is 916. The molecule has 0 saturated carbocycles. The van der Waals surface area contributed by atoms with Gasteiger partial charge in [0.15, 0.2) is 0 Å². The zero-order valence-electron chi connectivity index (χ0n) is 18.4. The lowest BCUT2D eigenvalue weighted by Crippen LogP contribution is -2.49. The van der Waals surface area contributed by atoms with Gasteiger partial charge in [0, 0.05) is 36.3 Å². The van der Waals surface area contributed by atoms with Crippen molar-refractivity contribution in [3.05, 3.63) is 59.9 Å². The van der Waals surface area contributed by atoms with Gasteiger partial charge in [-0.25, -0.2) is 4.39 Å². The lowest BCUT2D eigenvalue weighted by molar-refractivity contribution is -0.121. The minimum absolute atomic E-state index is 0.0218. The van der Waals surface area contributed by atoms with Crippen molar-refractivity contribution in [1.29, 1.82) is 0 Å². The largest absolute Gasteiger partial charge is 0.497 e. The molecule has 32 heavy (non-hydrogen) atoms. The van der Waals surface area contributed by atoms with E-state index in [1.807, 2.05) is 29.2 Å². The van der Waals surface area contributed by atoms with Crippen LogP contribution in [0.2, 0.25) is 0 Å². The fraction of sp³-hybridized carbons (Fsp3) is 0.440. The molecule has 2 amide bonds. The number of carbonyl (C=O) groups excluding carboxylic acids is 2. The highest BCUT2D eigenvalue weighted by Gasteiger charge is 2.31. The molecule has 0 radical (unpaired) electrons. The summed E-state index contributed by atoms with van der Waals surface area (Å²) in [6.07, 6.45) is 3.54. The average Bonchev–Trinajstić information content (AvgIpc) is 2.85. The summed E-state index contributed by atoms with van der Waals surface area (Å²) in [5.74, 6) is 0.503. The van der Waals surface area contributed by atoms with Crippen molar-refractivity contribution in [3.8, 4) is 5.75 Å². The van der Waals surface area contributed by atoms with Crippen LogP contribution in [0, 0.1) is 11.7 Å². The number of carbonyl (C=O) groups is 2. The first kappa shape index (κ1) is 22.3. The number of piperidine rings is 2. The number of halogens is 1. The SMILES string of the molecule is COc1ccc(NC(=O)C2CCN(C3CCN(C(=O)c4ccc(F)cc4)CC3)CC2)cc1. The molecule has 0 spiro atoms. The summed E-state index contributed by atoms with van der Waals surface area (Å²) in [4.78, 5) is 29.6. The number of amides is 2. The highest BCUT2D eigenvalue weighted by atomic mass is 19.1. The number of nitrogens with zero attached hydrogens (tertiary/aromatic N) is 2.